The summed E-state index contributed by atoms with van der Waals surface area (Å²) < 4.78 is 40.2. The lowest BCUT2D eigenvalue weighted by molar-refractivity contribution is -0.150. The van der Waals surface area contributed by atoms with Crippen molar-refractivity contribution < 1.29 is 22.7 Å². The second-order valence-corrected chi connectivity index (χ2v) is 3.37. The first-order chi connectivity index (χ1) is 5.78. The molecule has 0 aliphatic heterocycles. The number of ether oxygens (including phenoxy) is 1. The highest BCUT2D eigenvalue weighted by molar-refractivity contribution is 5.89. The van der Waals surface area contributed by atoms with Gasteiger partial charge in [-0.3, -0.25) is 0 Å². The van der Waals surface area contributed by atoms with Crippen molar-refractivity contribution in [3.8, 4) is 0 Å². The van der Waals surface area contributed by atoms with E-state index in [0.717, 1.165) is 0 Å². The maximum atomic E-state index is 11.9. The second kappa shape index (κ2) is 4.30. The van der Waals surface area contributed by atoms with Crippen LogP contribution in [0.1, 0.15) is 20.8 Å². The van der Waals surface area contributed by atoms with E-state index in [-0.39, 0.29) is 0 Å². The molecule has 0 bridgehead atoms. The Morgan fingerprint density at radius 3 is 2.00 bits per heavy atom. The van der Waals surface area contributed by atoms with Gasteiger partial charge in [-0.1, -0.05) is 0 Å². The zero-order chi connectivity index (χ0) is 10.6. The molecule has 0 fully saturated rings. The number of carbonyl (C=O) groups excluding carboxylic acids is 1. The first-order valence-electron chi connectivity index (χ1n) is 3.61. The van der Waals surface area contributed by atoms with Crippen LogP contribution in [0.4, 0.5) is 13.2 Å². The summed E-state index contributed by atoms with van der Waals surface area (Å²) in [4.78, 5) is 10.8. The van der Waals surface area contributed by atoms with Gasteiger partial charge in [-0.15, -0.1) is 0 Å². The highest BCUT2D eigenvalue weighted by Crippen LogP contribution is 2.15. The van der Waals surface area contributed by atoms with E-state index >= 15 is 0 Å². The average Bonchev–Trinajstić information content (AvgIpc) is 1.82. The maximum Gasteiger partial charge on any atom is 0.342 e. The number of hydrogen-bond acceptors (Lipinski definition) is 2. The fourth-order valence-corrected chi connectivity index (χ4v) is 0.522. The van der Waals surface area contributed by atoms with Gasteiger partial charge in [-0.25, -0.2) is 9.18 Å². The lowest BCUT2D eigenvalue weighted by Gasteiger charge is -2.19. The van der Waals surface area contributed by atoms with Gasteiger partial charge < -0.3 is 4.74 Å². The Morgan fingerprint density at radius 2 is 1.77 bits per heavy atom. The lowest BCUT2D eigenvalue weighted by Crippen LogP contribution is -2.25. The molecule has 0 spiro atoms. The van der Waals surface area contributed by atoms with Crippen molar-refractivity contribution in [3.05, 3.63) is 11.7 Å². The van der Waals surface area contributed by atoms with Crippen LogP contribution in [0, 0.1) is 0 Å². The summed E-state index contributed by atoms with van der Waals surface area (Å²) in [5.74, 6) is -1.31. The molecule has 0 aromatic heterocycles. The van der Waals surface area contributed by atoms with Gasteiger partial charge in [0.15, 0.2) is 0 Å². The summed E-state index contributed by atoms with van der Waals surface area (Å²) in [5, 5.41) is 0. The molecule has 0 amide bonds. The van der Waals surface area contributed by atoms with E-state index < -0.39 is 29.9 Å². The van der Waals surface area contributed by atoms with Crippen LogP contribution in [0.5, 0.6) is 0 Å². The van der Waals surface area contributed by atoms with Crippen molar-refractivity contribution in [2.24, 2.45) is 0 Å². The van der Waals surface area contributed by atoms with E-state index in [9.17, 15) is 18.0 Å². The molecule has 0 aliphatic carbocycles. The van der Waals surface area contributed by atoms with Crippen molar-refractivity contribution in [1.29, 1.82) is 0 Å². The van der Waals surface area contributed by atoms with Crippen LogP contribution in [0.15, 0.2) is 11.7 Å². The topological polar surface area (TPSA) is 26.3 Å². The van der Waals surface area contributed by atoms with Crippen LogP contribution in [0.25, 0.3) is 0 Å². The van der Waals surface area contributed by atoms with Gasteiger partial charge >= 0.3 is 5.97 Å². The fourth-order valence-electron chi connectivity index (χ4n) is 0.522. The summed E-state index contributed by atoms with van der Waals surface area (Å²) in [6, 6.07) is 0. The molecular formula is C8H11F3O2. The standard InChI is InChI=1S/C8H11F3O2/c1-8(2,3)13-7(12)5(4-9)6(10)11/h4H2,1-3H3. The first kappa shape index (κ1) is 12.0. The number of halogens is 3. The Balaban J connectivity index is 4.52. The van der Waals surface area contributed by atoms with Gasteiger partial charge in [0, 0.05) is 0 Å². The quantitative estimate of drug-likeness (QED) is 0.501. The molecule has 0 aromatic carbocycles. The largest absolute Gasteiger partial charge is 0.456 e. The molecule has 0 unspecified atom stereocenters. The molecule has 0 aliphatic rings. The smallest absolute Gasteiger partial charge is 0.342 e. The van der Waals surface area contributed by atoms with Crippen molar-refractivity contribution in [3.63, 3.8) is 0 Å². The van der Waals surface area contributed by atoms with E-state index in [1.165, 1.54) is 20.8 Å². The summed E-state index contributed by atoms with van der Waals surface area (Å²) >= 11 is 0. The molecule has 0 saturated heterocycles. The normalized spacial score (nSPS) is 10.9. The number of alkyl halides is 1. The van der Waals surface area contributed by atoms with Crippen LogP contribution in [0.3, 0.4) is 0 Å². The van der Waals surface area contributed by atoms with Crippen LogP contribution in [0.2, 0.25) is 0 Å². The van der Waals surface area contributed by atoms with Crippen LogP contribution >= 0.6 is 0 Å². The van der Waals surface area contributed by atoms with Crippen LogP contribution in [-0.4, -0.2) is 18.2 Å². The molecule has 0 radical (unpaired) electrons. The molecule has 0 rings (SSSR count). The van der Waals surface area contributed by atoms with E-state index in [2.05, 4.69) is 4.74 Å². The van der Waals surface area contributed by atoms with Crippen molar-refractivity contribution in [2.45, 2.75) is 26.4 Å². The van der Waals surface area contributed by atoms with Gasteiger partial charge in [0.25, 0.3) is 6.08 Å². The lowest BCUT2D eigenvalue weighted by atomic mass is 10.2. The summed E-state index contributed by atoms with van der Waals surface area (Å²) in [6.45, 7) is 3.02. The molecule has 0 aromatic rings. The van der Waals surface area contributed by atoms with E-state index in [1.807, 2.05) is 0 Å². The third-order valence-electron chi connectivity index (χ3n) is 1.01. The van der Waals surface area contributed by atoms with Gasteiger partial charge in [-0.2, -0.15) is 8.78 Å². The van der Waals surface area contributed by atoms with E-state index in [1.54, 1.807) is 0 Å². The predicted octanol–water partition coefficient (Wildman–Crippen LogP) is 2.45. The van der Waals surface area contributed by atoms with Crippen molar-refractivity contribution in [1.82, 2.24) is 0 Å². The minimum Gasteiger partial charge on any atom is -0.456 e. The molecule has 0 heterocycles. The zero-order valence-corrected chi connectivity index (χ0v) is 7.66. The average molecular weight is 196 g/mol. The molecule has 0 atom stereocenters. The Morgan fingerprint density at radius 1 is 1.31 bits per heavy atom. The SMILES string of the molecule is CC(C)(C)OC(=O)C(CF)=C(F)F. The molecule has 5 heteroatoms. The third kappa shape index (κ3) is 4.55. The molecule has 13 heavy (non-hydrogen) atoms. The number of hydrogen-bond donors (Lipinski definition) is 0. The first-order valence-corrected chi connectivity index (χ1v) is 3.61. The van der Waals surface area contributed by atoms with Crippen LogP contribution in [-0.2, 0) is 9.53 Å². The number of rotatable bonds is 2. The maximum absolute atomic E-state index is 11.9. The van der Waals surface area contributed by atoms with E-state index in [4.69, 9.17) is 0 Å². The van der Waals surface area contributed by atoms with Gasteiger partial charge in [0.05, 0.1) is 0 Å². The highest BCUT2D eigenvalue weighted by Gasteiger charge is 2.23. The molecule has 2 nitrogen and oxygen atoms in total. The molecule has 0 N–H and O–H groups in total. The number of esters is 1. The molecule has 0 saturated carbocycles. The minimum absolute atomic E-state index is 0.896. The Hall–Kier alpha value is -1.00. The van der Waals surface area contributed by atoms with Crippen molar-refractivity contribution in [2.75, 3.05) is 6.67 Å². The summed E-state index contributed by atoms with van der Waals surface area (Å²) in [6.07, 6.45) is -2.34. The summed E-state index contributed by atoms with van der Waals surface area (Å²) in [5.41, 5.74) is -2.11. The van der Waals surface area contributed by atoms with Crippen molar-refractivity contribution >= 4 is 5.97 Å². The monoisotopic (exact) mass is 196 g/mol. The van der Waals surface area contributed by atoms with E-state index in [0.29, 0.717) is 0 Å². The second-order valence-electron chi connectivity index (χ2n) is 3.37. The van der Waals surface area contributed by atoms with Gasteiger partial charge in [-0.05, 0) is 20.8 Å². The van der Waals surface area contributed by atoms with Gasteiger partial charge in [0.2, 0.25) is 0 Å². The Labute approximate surface area is 74.4 Å². The molecule has 76 valence electrons. The highest BCUT2D eigenvalue weighted by atomic mass is 19.3. The minimum atomic E-state index is -2.34. The molecular weight excluding hydrogens is 185 g/mol. The third-order valence-corrected chi connectivity index (χ3v) is 1.01. The van der Waals surface area contributed by atoms with Crippen LogP contribution < -0.4 is 0 Å². The summed E-state index contributed by atoms with van der Waals surface area (Å²) in [7, 11) is 0. The Bertz CT molecular complexity index is 224. The van der Waals surface area contributed by atoms with Gasteiger partial charge in [0.1, 0.15) is 17.8 Å². The zero-order valence-electron chi connectivity index (χ0n) is 7.66. The predicted molar refractivity (Wildman–Crippen MR) is 41.1 cm³/mol. The fraction of sp³-hybridized carbons (Fsp3) is 0.625. The number of carbonyl (C=O) groups is 1. The Kier molecular flexibility index (Phi) is 3.97.